The third-order valence-corrected chi connectivity index (χ3v) is 4.69. The summed E-state index contributed by atoms with van der Waals surface area (Å²) in [5.74, 6) is 0.903. The number of nitrogens with one attached hydrogen (secondary N) is 1. The summed E-state index contributed by atoms with van der Waals surface area (Å²) in [6.07, 6.45) is 4.00. The molecule has 6 heteroatoms. The zero-order valence-corrected chi connectivity index (χ0v) is 17.0. The average Bonchev–Trinajstić information content (AvgIpc) is 2.94. The topological polar surface area (TPSA) is 67.9 Å². The first-order chi connectivity index (χ1) is 13.9. The van der Waals surface area contributed by atoms with Crippen molar-refractivity contribution < 1.29 is 19.1 Å². The molecule has 0 aromatic heterocycles. The zero-order valence-electron chi connectivity index (χ0n) is 17.0. The van der Waals surface area contributed by atoms with Crippen LogP contribution in [-0.2, 0) is 9.59 Å². The van der Waals surface area contributed by atoms with Crippen molar-refractivity contribution in [3.8, 4) is 11.5 Å². The van der Waals surface area contributed by atoms with Crippen LogP contribution in [0.3, 0.4) is 0 Å². The van der Waals surface area contributed by atoms with E-state index in [0.29, 0.717) is 24.7 Å². The van der Waals surface area contributed by atoms with Crippen molar-refractivity contribution in [3.05, 3.63) is 59.2 Å². The molecule has 29 heavy (non-hydrogen) atoms. The number of nitrogens with zero attached hydrogens (tertiary/aromatic N) is 1. The molecule has 0 bridgehead atoms. The third kappa shape index (κ3) is 5.38. The van der Waals surface area contributed by atoms with Crippen LogP contribution in [0.25, 0.3) is 6.08 Å². The Morgan fingerprint density at radius 3 is 2.48 bits per heavy atom. The largest absolute Gasteiger partial charge is 0.490 e. The Labute approximate surface area is 171 Å². The van der Waals surface area contributed by atoms with Crippen molar-refractivity contribution in [1.29, 1.82) is 0 Å². The second kappa shape index (κ2) is 9.28. The Morgan fingerprint density at radius 1 is 1.07 bits per heavy atom. The molecule has 1 aliphatic heterocycles. The van der Waals surface area contributed by atoms with E-state index in [4.69, 9.17) is 9.47 Å². The molecule has 0 atom stereocenters. The van der Waals surface area contributed by atoms with E-state index in [0.717, 1.165) is 28.8 Å². The maximum Gasteiger partial charge on any atom is 0.246 e. The van der Waals surface area contributed by atoms with Gasteiger partial charge in [0.25, 0.3) is 0 Å². The molecule has 3 rings (SSSR count). The molecule has 0 unspecified atom stereocenters. The quantitative estimate of drug-likeness (QED) is 0.787. The number of hydrogen-bond donors (Lipinski definition) is 1. The SMILES string of the molecule is Cc1cccc(C)c1NC(=O)CN(C)C(=O)/C=C/c1ccc2c(c1)OCCCO2. The van der Waals surface area contributed by atoms with E-state index in [1.165, 1.54) is 11.0 Å². The fourth-order valence-electron chi connectivity index (χ4n) is 3.06. The maximum atomic E-state index is 12.4. The highest BCUT2D eigenvalue weighted by atomic mass is 16.5. The Kier molecular flexibility index (Phi) is 6.54. The van der Waals surface area contributed by atoms with Gasteiger partial charge >= 0.3 is 0 Å². The number of rotatable bonds is 5. The molecular weight excluding hydrogens is 368 g/mol. The van der Waals surface area contributed by atoms with Gasteiger partial charge in [-0.3, -0.25) is 9.59 Å². The fraction of sp³-hybridized carbons (Fsp3) is 0.304. The molecule has 0 saturated heterocycles. The van der Waals surface area contributed by atoms with Gasteiger partial charge in [-0.2, -0.15) is 0 Å². The van der Waals surface area contributed by atoms with Gasteiger partial charge in [-0.1, -0.05) is 24.3 Å². The second-order valence-corrected chi connectivity index (χ2v) is 7.10. The van der Waals surface area contributed by atoms with Crippen LogP contribution < -0.4 is 14.8 Å². The highest BCUT2D eigenvalue weighted by Gasteiger charge is 2.13. The Morgan fingerprint density at radius 2 is 1.76 bits per heavy atom. The molecule has 2 aromatic carbocycles. The van der Waals surface area contributed by atoms with Crippen molar-refractivity contribution in [1.82, 2.24) is 4.90 Å². The average molecular weight is 394 g/mol. The van der Waals surface area contributed by atoms with Crippen molar-refractivity contribution in [2.45, 2.75) is 20.3 Å². The number of benzene rings is 2. The Balaban J connectivity index is 1.59. The minimum atomic E-state index is -0.256. The first-order valence-corrected chi connectivity index (χ1v) is 9.63. The maximum absolute atomic E-state index is 12.4. The molecule has 1 aliphatic rings. The summed E-state index contributed by atoms with van der Waals surface area (Å²) in [5.41, 5.74) is 3.60. The van der Waals surface area contributed by atoms with E-state index >= 15 is 0 Å². The lowest BCUT2D eigenvalue weighted by molar-refractivity contribution is -0.129. The number of amides is 2. The Hall–Kier alpha value is -3.28. The summed E-state index contributed by atoms with van der Waals surface area (Å²) in [6, 6.07) is 11.4. The number of likely N-dealkylation sites (N-methyl/N-ethyl adjacent to an activating group) is 1. The van der Waals surface area contributed by atoms with Crippen LogP contribution in [0.5, 0.6) is 11.5 Å². The lowest BCUT2D eigenvalue weighted by Gasteiger charge is -2.16. The molecular formula is C23H26N2O4. The fourth-order valence-corrected chi connectivity index (χ4v) is 3.06. The van der Waals surface area contributed by atoms with Gasteiger partial charge in [0, 0.05) is 25.2 Å². The molecule has 1 N–H and O–H groups in total. The van der Waals surface area contributed by atoms with E-state index in [9.17, 15) is 9.59 Å². The van der Waals surface area contributed by atoms with Crippen molar-refractivity contribution >= 4 is 23.6 Å². The molecule has 0 fully saturated rings. The smallest absolute Gasteiger partial charge is 0.246 e. The van der Waals surface area contributed by atoms with E-state index < -0.39 is 0 Å². The highest BCUT2D eigenvalue weighted by molar-refractivity contribution is 5.98. The molecule has 2 amide bonds. The van der Waals surface area contributed by atoms with Crippen LogP contribution in [0.15, 0.2) is 42.5 Å². The van der Waals surface area contributed by atoms with Crippen molar-refractivity contribution in [2.24, 2.45) is 0 Å². The van der Waals surface area contributed by atoms with E-state index in [1.54, 1.807) is 13.1 Å². The first kappa shape index (κ1) is 20.5. The van der Waals surface area contributed by atoms with Crippen LogP contribution in [0.1, 0.15) is 23.1 Å². The normalized spacial score (nSPS) is 13.1. The molecule has 0 saturated carbocycles. The minimum absolute atomic E-state index is 0.0297. The summed E-state index contributed by atoms with van der Waals surface area (Å²) >= 11 is 0. The lowest BCUT2D eigenvalue weighted by atomic mass is 10.1. The predicted octanol–water partition coefficient (Wildman–Crippen LogP) is 3.58. The van der Waals surface area contributed by atoms with E-state index in [1.807, 2.05) is 50.2 Å². The monoisotopic (exact) mass is 394 g/mol. The predicted molar refractivity (Wildman–Crippen MR) is 113 cm³/mol. The van der Waals surface area contributed by atoms with Crippen LogP contribution in [0.2, 0.25) is 0 Å². The molecule has 0 spiro atoms. The number of aryl methyl sites for hydroxylation is 2. The number of carbonyl (C=O) groups is 2. The minimum Gasteiger partial charge on any atom is -0.490 e. The van der Waals surface area contributed by atoms with Gasteiger partial charge in [-0.05, 0) is 48.7 Å². The van der Waals surface area contributed by atoms with Gasteiger partial charge < -0.3 is 19.7 Å². The van der Waals surface area contributed by atoms with E-state index in [-0.39, 0.29) is 18.4 Å². The third-order valence-electron chi connectivity index (χ3n) is 4.69. The number of hydrogen-bond acceptors (Lipinski definition) is 4. The first-order valence-electron chi connectivity index (χ1n) is 9.63. The molecule has 6 nitrogen and oxygen atoms in total. The lowest BCUT2D eigenvalue weighted by Crippen LogP contribution is -2.34. The molecule has 1 heterocycles. The molecule has 0 aliphatic carbocycles. The van der Waals surface area contributed by atoms with Gasteiger partial charge in [0.05, 0.1) is 19.8 Å². The second-order valence-electron chi connectivity index (χ2n) is 7.10. The molecule has 152 valence electrons. The van der Waals surface area contributed by atoms with Gasteiger partial charge in [-0.25, -0.2) is 0 Å². The summed E-state index contributed by atoms with van der Waals surface area (Å²) in [4.78, 5) is 26.1. The summed E-state index contributed by atoms with van der Waals surface area (Å²) in [5, 5.41) is 2.89. The zero-order chi connectivity index (χ0) is 20.8. The van der Waals surface area contributed by atoms with Gasteiger partial charge in [0.1, 0.15) is 0 Å². The van der Waals surface area contributed by atoms with Gasteiger partial charge in [0.15, 0.2) is 11.5 Å². The van der Waals surface area contributed by atoms with E-state index in [2.05, 4.69) is 5.32 Å². The Bertz CT molecular complexity index is 916. The van der Waals surface area contributed by atoms with Crippen molar-refractivity contribution in [2.75, 3.05) is 32.1 Å². The molecule has 0 radical (unpaired) electrons. The number of ether oxygens (including phenoxy) is 2. The highest BCUT2D eigenvalue weighted by Crippen LogP contribution is 2.30. The van der Waals surface area contributed by atoms with Gasteiger partial charge in [0.2, 0.25) is 11.8 Å². The summed E-state index contributed by atoms with van der Waals surface area (Å²) < 4.78 is 11.3. The summed E-state index contributed by atoms with van der Waals surface area (Å²) in [6.45, 7) is 5.09. The standard InChI is InChI=1S/C23H26N2O4/c1-16-6-4-7-17(2)23(16)24-21(26)15-25(3)22(27)11-9-18-8-10-19-20(14-18)29-13-5-12-28-19/h4,6-11,14H,5,12-13,15H2,1-3H3,(H,24,26)/b11-9+. The van der Waals surface area contributed by atoms with Crippen molar-refractivity contribution in [3.63, 3.8) is 0 Å². The van der Waals surface area contributed by atoms with Gasteiger partial charge in [-0.15, -0.1) is 0 Å². The number of fused-ring (bicyclic) bond motifs is 1. The number of para-hydroxylation sites is 1. The van der Waals surface area contributed by atoms with Crippen LogP contribution in [0.4, 0.5) is 5.69 Å². The summed E-state index contributed by atoms with van der Waals surface area (Å²) in [7, 11) is 1.60. The number of anilines is 1. The van der Waals surface area contributed by atoms with Crippen LogP contribution in [-0.4, -0.2) is 43.5 Å². The van der Waals surface area contributed by atoms with Crippen LogP contribution >= 0.6 is 0 Å². The van der Waals surface area contributed by atoms with Crippen LogP contribution in [0, 0.1) is 13.8 Å². The number of carbonyl (C=O) groups excluding carboxylic acids is 2. The molecule has 2 aromatic rings.